The fourth-order valence-electron chi connectivity index (χ4n) is 2.35. The second kappa shape index (κ2) is 8.31. The summed E-state index contributed by atoms with van der Waals surface area (Å²) in [7, 11) is 3.24. The van der Waals surface area contributed by atoms with Crippen molar-refractivity contribution in [1.82, 2.24) is 15.0 Å². The molecule has 3 rings (SSSR count). The van der Waals surface area contributed by atoms with Crippen LogP contribution in [0, 0.1) is 5.82 Å². The standard InChI is InChI=1S/C19H19FN4O3/c1-24(19(25)21-15-4-3-5-16(12-15)26-2)11-10-17-22-18(27-23-17)13-6-8-14(20)9-7-13/h3-9,12H,10-11H2,1-2H3,(H,21,25). The highest BCUT2D eigenvalue weighted by molar-refractivity contribution is 5.89. The van der Waals surface area contributed by atoms with Crippen molar-refractivity contribution in [3.8, 4) is 17.2 Å². The van der Waals surface area contributed by atoms with Gasteiger partial charge in [-0.25, -0.2) is 9.18 Å². The number of nitrogens with zero attached hydrogens (tertiary/aromatic N) is 3. The van der Waals surface area contributed by atoms with Crippen molar-refractivity contribution in [3.63, 3.8) is 0 Å². The smallest absolute Gasteiger partial charge is 0.321 e. The number of carbonyl (C=O) groups is 1. The Hall–Kier alpha value is -3.42. The van der Waals surface area contributed by atoms with E-state index in [2.05, 4.69) is 15.5 Å². The average molecular weight is 370 g/mol. The Morgan fingerprint density at radius 1 is 1.26 bits per heavy atom. The lowest BCUT2D eigenvalue weighted by molar-refractivity contribution is 0.222. The molecule has 0 radical (unpaired) electrons. The number of amides is 2. The van der Waals surface area contributed by atoms with Gasteiger partial charge in [0.05, 0.1) is 7.11 Å². The van der Waals surface area contributed by atoms with Gasteiger partial charge in [-0.1, -0.05) is 11.2 Å². The molecule has 7 nitrogen and oxygen atoms in total. The van der Waals surface area contributed by atoms with E-state index in [0.717, 1.165) is 0 Å². The number of halogens is 1. The van der Waals surface area contributed by atoms with Crippen LogP contribution in [0.2, 0.25) is 0 Å². The molecule has 0 aliphatic carbocycles. The van der Waals surface area contributed by atoms with Gasteiger partial charge in [-0.05, 0) is 36.4 Å². The monoisotopic (exact) mass is 370 g/mol. The molecule has 0 unspecified atom stereocenters. The molecule has 3 aromatic rings. The van der Waals surface area contributed by atoms with E-state index in [-0.39, 0.29) is 11.8 Å². The first-order chi connectivity index (χ1) is 13.0. The van der Waals surface area contributed by atoms with Gasteiger partial charge >= 0.3 is 6.03 Å². The van der Waals surface area contributed by atoms with E-state index in [4.69, 9.17) is 9.26 Å². The van der Waals surface area contributed by atoms with E-state index in [1.165, 1.54) is 17.0 Å². The Morgan fingerprint density at radius 3 is 2.78 bits per heavy atom. The molecular formula is C19H19FN4O3. The minimum Gasteiger partial charge on any atom is -0.497 e. The maximum Gasteiger partial charge on any atom is 0.321 e. The van der Waals surface area contributed by atoms with Gasteiger partial charge in [-0.15, -0.1) is 0 Å². The molecular weight excluding hydrogens is 351 g/mol. The number of benzene rings is 2. The van der Waals surface area contributed by atoms with Crippen LogP contribution in [0.5, 0.6) is 5.75 Å². The Kier molecular flexibility index (Phi) is 5.65. The Balaban J connectivity index is 1.54. The Bertz CT molecular complexity index is 911. The summed E-state index contributed by atoms with van der Waals surface area (Å²) in [6, 6.07) is 12.7. The van der Waals surface area contributed by atoms with Gasteiger partial charge < -0.3 is 19.5 Å². The van der Waals surface area contributed by atoms with Gasteiger partial charge in [0, 0.05) is 37.3 Å². The third-order valence-electron chi connectivity index (χ3n) is 3.90. The topological polar surface area (TPSA) is 80.5 Å². The van der Waals surface area contributed by atoms with Crippen molar-refractivity contribution in [2.75, 3.05) is 26.0 Å². The van der Waals surface area contributed by atoms with Gasteiger partial charge in [0.15, 0.2) is 5.82 Å². The number of rotatable bonds is 6. The normalized spacial score (nSPS) is 10.5. The predicted octanol–water partition coefficient (Wildman–Crippen LogP) is 3.59. The van der Waals surface area contributed by atoms with Gasteiger partial charge in [-0.3, -0.25) is 0 Å². The highest BCUT2D eigenvalue weighted by Crippen LogP contribution is 2.18. The molecule has 0 spiro atoms. The molecule has 1 heterocycles. The lowest BCUT2D eigenvalue weighted by atomic mass is 10.2. The molecule has 2 amide bonds. The first-order valence-electron chi connectivity index (χ1n) is 8.30. The molecule has 27 heavy (non-hydrogen) atoms. The van der Waals surface area contributed by atoms with Crippen LogP contribution in [0.4, 0.5) is 14.9 Å². The summed E-state index contributed by atoms with van der Waals surface area (Å²) in [4.78, 5) is 18.1. The van der Waals surface area contributed by atoms with Crippen LogP contribution >= 0.6 is 0 Å². The summed E-state index contributed by atoms with van der Waals surface area (Å²) in [5, 5.41) is 6.69. The number of methoxy groups -OCH3 is 1. The molecule has 0 fully saturated rings. The van der Waals surface area contributed by atoms with Crippen LogP contribution in [0.15, 0.2) is 53.1 Å². The van der Waals surface area contributed by atoms with Crippen molar-refractivity contribution in [1.29, 1.82) is 0 Å². The molecule has 8 heteroatoms. The van der Waals surface area contributed by atoms with Gasteiger partial charge in [0.2, 0.25) is 0 Å². The number of urea groups is 1. The van der Waals surface area contributed by atoms with Crippen LogP contribution < -0.4 is 10.1 Å². The van der Waals surface area contributed by atoms with Crippen molar-refractivity contribution in [2.45, 2.75) is 6.42 Å². The average Bonchev–Trinajstić information content (AvgIpc) is 3.15. The van der Waals surface area contributed by atoms with Crippen LogP contribution in [0.3, 0.4) is 0 Å². The molecule has 0 saturated heterocycles. The highest BCUT2D eigenvalue weighted by Gasteiger charge is 2.13. The largest absolute Gasteiger partial charge is 0.497 e. The SMILES string of the molecule is COc1cccc(NC(=O)N(C)CCc2noc(-c3ccc(F)cc3)n2)c1. The number of likely N-dealkylation sites (N-methyl/N-ethyl adjacent to an activating group) is 1. The third kappa shape index (κ3) is 4.81. The summed E-state index contributed by atoms with van der Waals surface area (Å²) >= 11 is 0. The van der Waals surface area contributed by atoms with Crippen molar-refractivity contribution < 1.29 is 18.4 Å². The van der Waals surface area contributed by atoms with E-state index in [1.54, 1.807) is 50.6 Å². The fourth-order valence-corrected chi connectivity index (χ4v) is 2.35. The number of hydrogen-bond donors (Lipinski definition) is 1. The first-order valence-corrected chi connectivity index (χ1v) is 8.30. The summed E-state index contributed by atoms with van der Waals surface area (Å²) in [6.07, 6.45) is 0.423. The number of aromatic nitrogens is 2. The number of ether oxygens (including phenoxy) is 1. The van der Waals surface area contributed by atoms with Crippen LogP contribution in [-0.2, 0) is 6.42 Å². The van der Waals surface area contributed by atoms with E-state index >= 15 is 0 Å². The predicted molar refractivity (Wildman–Crippen MR) is 98.0 cm³/mol. The zero-order valence-electron chi connectivity index (χ0n) is 15.0. The van der Waals surface area contributed by atoms with E-state index < -0.39 is 0 Å². The zero-order valence-corrected chi connectivity index (χ0v) is 15.0. The minimum absolute atomic E-state index is 0.259. The van der Waals surface area contributed by atoms with Crippen LogP contribution in [0.1, 0.15) is 5.82 Å². The Labute approximate surface area is 155 Å². The van der Waals surface area contributed by atoms with Gasteiger partial charge in [-0.2, -0.15) is 4.98 Å². The number of anilines is 1. The quantitative estimate of drug-likeness (QED) is 0.717. The molecule has 1 aromatic heterocycles. The molecule has 1 N–H and O–H groups in total. The van der Waals surface area contributed by atoms with Crippen molar-refractivity contribution in [2.24, 2.45) is 0 Å². The molecule has 0 bridgehead atoms. The maximum absolute atomic E-state index is 13.0. The van der Waals surface area contributed by atoms with Gasteiger partial charge in [0.25, 0.3) is 5.89 Å². The highest BCUT2D eigenvalue weighted by atomic mass is 19.1. The number of hydrogen-bond acceptors (Lipinski definition) is 5. The zero-order chi connectivity index (χ0) is 19.2. The Morgan fingerprint density at radius 2 is 2.04 bits per heavy atom. The molecule has 0 aliphatic heterocycles. The number of nitrogens with one attached hydrogen (secondary N) is 1. The molecule has 0 atom stereocenters. The fraction of sp³-hybridized carbons (Fsp3) is 0.211. The molecule has 0 aliphatic rings. The van der Waals surface area contributed by atoms with Crippen molar-refractivity contribution >= 4 is 11.7 Å². The van der Waals surface area contributed by atoms with E-state index in [1.807, 2.05) is 0 Å². The summed E-state index contributed by atoms with van der Waals surface area (Å²) in [6.45, 7) is 0.401. The summed E-state index contributed by atoms with van der Waals surface area (Å²) < 4.78 is 23.3. The van der Waals surface area contributed by atoms with Gasteiger partial charge in [0.1, 0.15) is 11.6 Å². The third-order valence-corrected chi connectivity index (χ3v) is 3.90. The van der Waals surface area contributed by atoms with E-state index in [9.17, 15) is 9.18 Å². The van der Waals surface area contributed by atoms with Crippen LogP contribution in [0.25, 0.3) is 11.5 Å². The maximum atomic E-state index is 13.0. The number of carbonyl (C=O) groups excluding carboxylic acids is 1. The van der Waals surface area contributed by atoms with E-state index in [0.29, 0.717) is 41.7 Å². The second-order valence-electron chi connectivity index (χ2n) is 5.86. The molecule has 0 saturated carbocycles. The minimum atomic E-state index is -0.331. The first kappa shape index (κ1) is 18.4. The molecule has 140 valence electrons. The summed E-state index contributed by atoms with van der Waals surface area (Å²) in [5.41, 5.74) is 1.28. The molecule has 2 aromatic carbocycles. The van der Waals surface area contributed by atoms with Crippen LogP contribution in [-0.4, -0.2) is 41.8 Å². The summed E-state index contributed by atoms with van der Waals surface area (Å²) in [5.74, 6) is 1.11. The van der Waals surface area contributed by atoms with Crippen molar-refractivity contribution in [3.05, 3.63) is 60.2 Å². The lowest BCUT2D eigenvalue weighted by Gasteiger charge is -2.17. The second-order valence-corrected chi connectivity index (χ2v) is 5.86. The lowest BCUT2D eigenvalue weighted by Crippen LogP contribution is -2.33.